The van der Waals surface area contributed by atoms with Crippen molar-refractivity contribution >= 4 is 62.9 Å². The molecule has 0 radical (unpaired) electrons. The minimum Gasteiger partial charge on any atom is -0.356 e. The molecule has 3 aromatic heterocycles. The number of nitrogens with one attached hydrogen (secondary N) is 1. The van der Waals surface area contributed by atoms with Crippen LogP contribution in [-0.4, -0.2) is 46.1 Å². The second-order valence-corrected chi connectivity index (χ2v) is 7.88. The molecule has 0 unspecified atom stereocenters. The van der Waals surface area contributed by atoms with Gasteiger partial charge in [-0.15, -0.1) is 45.5 Å². The van der Waals surface area contributed by atoms with Crippen molar-refractivity contribution in [1.82, 2.24) is 24.8 Å². The van der Waals surface area contributed by atoms with Crippen LogP contribution in [0.25, 0.3) is 5.65 Å². The average molecular weight is 535 g/mol. The highest BCUT2D eigenvalue weighted by Gasteiger charge is 2.09. The molecule has 0 fully saturated rings. The fraction of sp³-hybridized carbons (Fsp3) is 0.312. The largest absolute Gasteiger partial charge is 0.356 e. The zero-order chi connectivity index (χ0) is 16.9. The molecule has 0 aliphatic rings. The predicted octanol–water partition coefficient (Wildman–Crippen LogP) is 3.42. The summed E-state index contributed by atoms with van der Waals surface area (Å²) in [6.45, 7) is 1.57. The zero-order valence-electron chi connectivity index (χ0n) is 14.0. The van der Waals surface area contributed by atoms with Crippen molar-refractivity contribution in [2.45, 2.75) is 13.0 Å². The summed E-state index contributed by atoms with van der Waals surface area (Å²) < 4.78 is 3.16. The van der Waals surface area contributed by atoms with Gasteiger partial charge in [0.25, 0.3) is 0 Å². The van der Waals surface area contributed by atoms with E-state index in [0.29, 0.717) is 0 Å². The van der Waals surface area contributed by atoms with Crippen LogP contribution in [0, 0.1) is 0 Å². The first kappa shape index (κ1) is 20.1. The summed E-state index contributed by atoms with van der Waals surface area (Å²) in [5.41, 5.74) is 0.872. The van der Waals surface area contributed by atoms with E-state index in [9.17, 15) is 0 Å². The Kier molecular flexibility index (Phi) is 7.63. The third-order valence-electron chi connectivity index (χ3n) is 3.61. The number of nitrogens with zero attached hydrogens (tertiary/aromatic N) is 5. The lowest BCUT2D eigenvalue weighted by molar-refractivity contribution is 0.481. The van der Waals surface area contributed by atoms with E-state index in [2.05, 4.69) is 53.5 Å². The van der Waals surface area contributed by atoms with Crippen molar-refractivity contribution in [3.8, 4) is 0 Å². The topological polar surface area (TPSA) is 57.8 Å². The molecule has 25 heavy (non-hydrogen) atoms. The first-order valence-electron chi connectivity index (χ1n) is 7.62. The van der Waals surface area contributed by atoms with Crippen molar-refractivity contribution in [2.75, 3.05) is 20.6 Å². The summed E-state index contributed by atoms with van der Waals surface area (Å²) in [4.78, 5) is 7.75. The van der Waals surface area contributed by atoms with Crippen molar-refractivity contribution in [3.05, 3.63) is 51.0 Å². The number of guanidine groups is 1. The fourth-order valence-corrected chi connectivity index (χ4v) is 4.01. The van der Waals surface area contributed by atoms with Crippen molar-refractivity contribution in [3.63, 3.8) is 0 Å². The van der Waals surface area contributed by atoms with Crippen LogP contribution >= 0.6 is 51.2 Å². The minimum atomic E-state index is 0. The average Bonchev–Trinajstić information content (AvgIpc) is 3.18. The number of halogens is 2. The molecule has 3 rings (SSSR count). The molecule has 0 aromatic carbocycles. The third kappa shape index (κ3) is 5.14. The second-order valence-electron chi connectivity index (χ2n) is 5.33. The van der Waals surface area contributed by atoms with Gasteiger partial charge in [-0.05, 0) is 40.2 Å². The number of pyridine rings is 1. The Hall–Kier alpha value is -1.20. The lowest BCUT2D eigenvalue weighted by Crippen LogP contribution is -2.39. The van der Waals surface area contributed by atoms with Crippen LogP contribution in [-0.2, 0) is 13.0 Å². The Labute approximate surface area is 176 Å². The van der Waals surface area contributed by atoms with Gasteiger partial charge in [-0.3, -0.25) is 9.39 Å². The van der Waals surface area contributed by atoms with Gasteiger partial charge in [0.2, 0.25) is 0 Å². The van der Waals surface area contributed by atoms with E-state index in [1.54, 1.807) is 18.4 Å². The number of fused-ring (bicyclic) bond motifs is 1. The van der Waals surface area contributed by atoms with Gasteiger partial charge >= 0.3 is 0 Å². The van der Waals surface area contributed by atoms with Crippen LogP contribution in [0.1, 0.15) is 10.7 Å². The van der Waals surface area contributed by atoms with Gasteiger partial charge in [0, 0.05) is 38.1 Å². The monoisotopic (exact) mass is 534 g/mol. The quantitative estimate of drug-likeness (QED) is 0.309. The predicted molar refractivity (Wildman–Crippen MR) is 117 cm³/mol. The highest BCUT2D eigenvalue weighted by Crippen LogP contribution is 2.22. The van der Waals surface area contributed by atoms with E-state index in [1.807, 2.05) is 35.8 Å². The summed E-state index contributed by atoms with van der Waals surface area (Å²) in [6, 6.07) is 10.1. The van der Waals surface area contributed by atoms with Gasteiger partial charge in [0.15, 0.2) is 11.6 Å². The van der Waals surface area contributed by atoms with E-state index in [-0.39, 0.29) is 24.0 Å². The van der Waals surface area contributed by atoms with Crippen LogP contribution < -0.4 is 5.32 Å². The van der Waals surface area contributed by atoms with Gasteiger partial charge in [-0.1, -0.05) is 6.07 Å². The molecule has 134 valence electrons. The molecular weight excluding hydrogens is 515 g/mol. The maximum Gasteiger partial charge on any atom is 0.193 e. The number of aromatic nitrogens is 3. The Morgan fingerprint density at radius 1 is 1.32 bits per heavy atom. The smallest absolute Gasteiger partial charge is 0.193 e. The summed E-state index contributed by atoms with van der Waals surface area (Å²) in [5.74, 6) is 1.81. The van der Waals surface area contributed by atoms with Crippen LogP contribution in [0.2, 0.25) is 0 Å². The van der Waals surface area contributed by atoms with Crippen LogP contribution in [0.15, 0.2) is 45.3 Å². The lowest BCUT2D eigenvalue weighted by atomic mass is 10.4. The molecule has 0 bridgehead atoms. The molecule has 0 aliphatic heterocycles. The summed E-state index contributed by atoms with van der Waals surface area (Å²) in [6.07, 6.45) is 2.77. The molecule has 0 spiro atoms. The Bertz CT molecular complexity index is 846. The number of aliphatic imine (C=N–C) groups is 1. The molecule has 0 atom stereocenters. The fourth-order valence-electron chi connectivity index (χ4n) is 2.48. The molecule has 0 saturated heterocycles. The second kappa shape index (κ2) is 9.48. The van der Waals surface area contributed by atoms with E-state index in [0.717, 1.165) is 40.7 Å². The van der Waals surface area contributed by atoms with Crippen molar-refractivity contribution in [1.29, 1.82) is 0 Å². The number of hydrogen-bond acceptors (Lipinski definition) is 4. The van der Waals surface area contributed by atoms with E-state index in [4.69, 9.17) is 0 Å². The molecule has 9 heteroatoms. The summed E-state index contributed by atoms with van der Waals surface area (Å²) in [5, 5.41) is 11.8. The normalized spacial score (nSPS) is 11.4. The first-order valence-corrected chi connectivity index (χ1v) is 9.23. The maximum atomic E-state index is 4.35. The highest BCUT2D eigenvalue weighted by atomic mass is 127. The molecule has 3 heterocycles. The number of rotatable bonds is 5. The van der Waals surface area contributed by atoms with Gasteiger partial charge in [-0.25, -0.2) is 0 Å². The third-order valence-corrected chi connectivity index (χ3v) is 5.22. The van der Waals surface area contributed by atoms with E-state index in [1.165, 1.54) is 4.88 Å². The molecule has 0 aliphatic carbocycles. The molecule has 6 nitrogen and oxygen atoms in total. The van der Waals surface area contributed by atoms with Gasteiger partial charge in [0.1, 0.15) is 5.82 Å². The van der Waals surface area contributed by atoms with Gasteiger partial charge in [0.05, 0.1) is 10.3 Å². The number of hydrogen-bond donors (Lipinski definition) is 1. The Morgan fingerprint density at radius 3 is 2.88 bits per heavy atom. The molecule has 3 aromatic rings. The molecular formula is C16H20BrIN6S. The Balaban J connectivity index is 0.00000225. The van der Waals surface area contributed by atoms with Crippen LogP contribution in [0.3, 0.4) is 0 Å². The number of thiophene rings is 1. The van der Waals surface area contributed by atoms with Gasteiger partial charge < -0.3 is 10.2 Å². The standard InChI is InChI=1S/C16H19BrN6S.HI/c1-18-16(22(2)11-12-6-7-13(17)24-12)19-9-8-15-21-20-14-5-3-4-10-23(14)15;/h3-7,10H,8-9,11H2,1-2H3,(H,18,19);1H. The van der Waals surface area contributed by atoms with Crippen molar-refractivity contribution < 1.29 is 0 Å². The Morgan fingerprint density at radius 2 is 2.16 bits per heavy atom. The molecule has 0 amide bonds. The lowest BCUT2D eigenvalue weighted by Gasteiger charge is -2.21. The SMILES string of the molecule is CN=C(NCCc1nnc2ccccn12)N(C)Cc1ccc(Br)s1.I. The zero-order valence-corrected chi connectivity index (χ0v) is 18.7. The van der Waals surface area contributed by atoms with Gasteiger partial charge in [-0.2, -0.15) is 0 Å². The minimum absolute atomic E-state index is 0. The first-order chi connectivity index (χ1) is 11.7. The van der Waals surface area contributed by atoms with E-state index < -0.39 is 0 Å². The molecule has 1 N–H and O–H groups in total. The van der Waals surface area contributed by atoms with Crippen molar-refractivity contribution in [2.24, 2.45) is 4.99 Å². The highest BCUT2D eigenvalue weighted by molar-refractivity contribution is 14.0. The summed E-state index contributed by atoms with van der Waals surface area (Å²) in [7, 11) is 3.84. The van der Waals surface area contributed by atoms with Crippen LogP contribution in [0.4, 0.5) is 0 Å². The van der Waals surface area contributed by atoms with E-state index >= 15 is 0 Å². The maximum absolute atomic E-state index is 4.35. The molecule has 0 saturated carbocycles. The summed E-state index contributed by atoms with van der Waals surface area (Å²) >= 11 is 5.24. The van der Waals surface area contributed by atoms with Crippen LogP contribution in [0.5, 0.6) is 0 Å².